The van der Waals surface area contributed by atoms with Gasteiger partial charge in [0.25, 0.3) is 0 Å². The van der Waals surface area contributed by atoms with Crippen molar-refractivity contribution in [3.05, 3.63) is 46.5 Å². The number of hydrogen-bond acceptors (Lipinski definition) is 1. The molecule has 1 aromatic carbocycles. The molecule has 0 unspecified atom stereocenters. The summed E-state index contributed by atoms with van der Waals surface area (Å²) < 4.78 is 5.60. The Balaban J connectivity index is 2.63. The zero-order valence-corrected chi connectivity index (χ0v) is 12.7. The number of hydrogen-bond donors (Lipinski definition) is 0. The molecule has 1 aliphatic rings. The Labute approximate surface area is 117 Å². The van der Waals surface area contributed by atoms with E-state index in [2.05, 4.69) is 58.1 Å². The lowest BCUT2D eigenvalue weighted by molar-refractivity contribution is 0.396. The molecule has 0 N–H and O–H groups in total. The third-order valence-electron chi connectivity index (χ3n) is 3.71. The van der Waals surface area contributed by atoms with Crippen LogP contribution in [0.25, 0.3) is 6.08 Å². The fourth-order valence-electron chi connectivity index (χ4n) is 2.78. The minimum absolute atomic E-state index is 0.0986. The summed E-state index contributed by atoms with van der Waals surface area (Å²) in [6.07, 6.45) is 8.79. The Bertz CT molecular complexity index is 527. The van der Waals surface area contributed by atoms with Crippen LogP contribution in [0.1, 0.15) is 50.8 Å². The molecule has 0 heterocycles. The molecule has 0 saturated carbocycles. The standard InChI is InChI=1S/C18H24O/c1-13-7-6-8-14-10-12-16(19-5)17(18(2,3)4)15(14)11-9-13/h6-8,10,12H,9,11H2,1-5H3. The summed E-state index contributed by atoms with van der Waals surface area (Å²) in [5.41, 5.74) is 5.66. The van der Waals surface area contributed by atoms with Crippen LogP contribution in [0.15, 0.2) is 29.9 Å². The molecule has 0 bridgehead atoms. The van der Waals surface area contributed by atoms with Crippen molar-refractivity contribution < 1.29 is 4.74 Å². The minimum Gasteiger partial charge on any atom is -0.496 e. The number of methoxy groups -OCH3 is 1. The van der Waals surface area contributed by atoms with E-state index in [0.29, 0.717) is 0 Å². The molecule has 102 valence electrons. The Morgan fingerprint density at radius 2 is 1.84 bits per heavy atom. The first-order valence-electron chi connectivity index (χ1n) is 6.97. The maximum absolute atomic E-state index is 5.60. The number of ether oxygens (including phenoxy) is 1. The topological polar surface area (TPSA) is 9.23 Å². The Morgan fingerprint density at radius 3 is 2.47 bits per heavy atom. The van der Waals surface area contributed by atoms with Crippen LogP contribution in [-0.2, 0) is 11.8 Å². The van der Waals surface area contributed by atoms with Crippen molar-refractivity contribution in [1.82, 2.24) is 0 Å². The summed E-state index contributed by atoms with van der Waals surface area (Å²) in [4.78, 5) is 0. The highest BCUT2D eigenvalue weighted by Crippen LogP contribution is 2.38. The van der Waals surface area contributed by atoms with Crippen LogP contribution in [-0.4, -0.2) is 7.11 Å². The van der Waals surface area contributed by atoms with Gasteiger partial charge in [0.1, 0.15) is 5.75 Å². The average Bonchev–Trinajstić information content (AvgIpc) is 2.32. The van der Waals surface area contributed by atoms with Crippen LogP contribution >= 0.6 is 0 Å². The molecule has 0 amide bonds. The highest BCUT2D eigenvalue weighted by Gasteiger charge is 2.24. The Morgan fingerprint density at radius 1 is 1.11 bits per heavy atom. The van der Waals surface area contributed by atoms with Gasteiger partial charge in [-0.1, -0.05) is 50.6 Å². The second-order valence-electron chi connectivity index (χ2n) is 6.33. The lowest BCUT2D eigenvalue weighted by Crippen LogP contribution is -2.17. The molecule has 1 aromatic rings. The van der Waals surface area contributed by atoms with Crippen LogP contribution in [0.3, 0.4) is 0 Å². The molecule has 19 heavy (non-hydrogen) atoms. The van der Waals surface area contributed by atoms with Gasteiger partial charge in [0.2, 0.25) is 0 Å². The molecule has 2 rings (SSSR count). The molecule has 0 aromatic heterocycles. The predicted molar refractivity (Wildman–Crippen MR) is 82.8 cm³/mol. The molecule has 0 atom stereocenters. The molecular weight excluding hydrogens is 232 g/mol. The van der Waals surface area contributed by atoms with E-state index in [0.717, 1.165) is 18.6 Å². The van der Waals surface area contributed by atoms with Gasteiger partial charge >= 0.3 is 0 Å². The molecule has 1 aliphatic carbocycles. The maximum atomic E-state index is 5.60. The average molecular weight is 256 g/mol. The molecule has 0 fully saturated rings. The first-order chi connectivity index (χ1) is 8.93. The molecule has 0 spiro atoms. The molecule has 0 aliphatic heterocycles. The van der Waals surface area contributed by atoms with Crippen molar-refractivity contribution in [2.45, 2.75) is 46.0 Å². The fraction of sp³-hybridized carbons (Fsp3) is 0.444. The minimum atomic E-state index is 0.0986. The van der Waals surface area contributed by atoms with Gasteiger partial charge in [-0.05, 0) is 42.4 Å². The molecule has 1 heteroatoms. The van der Waals surface area contributed by atoms with Crippen LogP contribution in [0.5, 0.6) is 5.75 Å². The van der Waals surface area contributed by atoms with E-state index in [4.69, 9.17) is 4.74 Å². The summed E-state index contributed by atoms with van der Waals surface area (Å²) in [7, 11) is 1.76. The highest BCUT2D eigenvalue weighted by molar-refractivity contribution is 5.62. The summed E-state index contributed by atoms with van der Waals surface area (Å²) in [5, 5.41) is 0. The van der Waals surface area contributed by atoms with Gasteiger partial charge in [-0.15, -0.1) is 0 Å². The normalized spacial score (nSPS) is 15.3. The second kappa shape index (κ2) is 5.24. The number of benzene rings is 1. The van der Waals surface area contributed by atoms with Crippen molar-refractivity contribution in [2.24, 2.45) is 0 Å². The molecule has 1 nitrogen and oxygen atoms in total. The molecular formula is C18H24O. The summed E-state index contributed by atoms with van der Waals surface area (Å²) >= 11 is 0. The summed E-state index contributed by atoms with van der Waals surface area (Å²) in [6.45, 7) is 8.98. The smallest absolute Gasteiger partial charge is 0.122 e. The Kier molecular flexibility index (Phi) is 3.84. The number of rotatable bonds is 1. The zero-order valence-electron chi connectivity index (χ0n) is 12.7. The maximum Gasteiger partial charge on any atom is 0.122 e. The summed E-state index contributed by atoms with van der Waals surface area (Å²) in [6, 6.07) is 4.27. The van der Waals surface area contributed by atoms with Gasteiger partial charge < -0.3 is 4.74 Å². The van der Waals surface area contributed by atoms with Gasteiger partial charge in [0.15, 0.2) is 0 Å². The van der Waals surface area contributed by atoms with Crippen molar-refractivity contribution in [3.8, 4) is 5.75 Å². The SMILES string of the molecule is COc1ccc2c(c1C(C)(C)C)CCC(C)=CC=C2. The number of allylic oxidation sites excluding steroid dienone is 3. The largest absolute Gasteiger partial charge is 0.496 e. The number of fused-ring (bicyclic) bond motifs is 1. The Hall–Kier alpha value is -1.50. The third-order valence-corrected chi connectivity index (χ3v) is 3.71. The predicted octanol–water partition coefficient (Wildman–Crippen LogP) is 4.90. The van der Waals surface area contributed by atoms with Gasteiger partial charge in [0.05, 0.1) is 7.11 Å². The van der Waals surface area contributed by atoms with E-state index >= 15 is 0 Å². The van der Waals surface area contributed by atoms with Crippen LogP contribution in [0.2, 0.25) is 0 Å². The van der Waals surface area contributed by atoms with Crippen molar-refractivity contribution in [2.75, 3.05) is 7.11 Å². The molecule has 0 radical (unpaired) electrons. The van der Waals surface area contributed by atoms with E-state index in [1.54, 1.807) is 7.11 Å². The molecule has 0 saturated heterocycles. The quantitative estimate of drug-likeness (QED) is 0.694. The third kappa shape index (κ3) is 2.91. The fourth-order valence-corrected chi connectivity index (χ4v) is 2.78. The van der Waals surface area contributed by atoms with Crippen LogP contribution in [0.4, 0.5) is 0 Å². The highest BCUT2D eigenvalue weighted by atomic mass is 16.5. The monoisotopic (exact) mass is 256 g/mol. The van der Waals surface area contributed by atoms with Crippen molar-refractivity contribution >= 4 is 6.08 Å². The second-order valence-corrected chi connectivity index (χ2v) is 6.33. The van der Waals surface area contributed by atoms with Crippen LogP contribution < -0.4 is 4.74 Å². The summed E-state index contributed by atoms with van der Waals surface area (Å²) in [5.74, 6) is 1.02. The lowest BCUT2D eigenvalue weighted by atomic mass is 9.79. The first-order valence-corrected chi connectivity index (χ1v) is 6.97. The van der Waals surface area contributed by atoms with Gasteiger partial charge in [-0.3, -0.25) is 0 Å². The van der Waals surface area contributed by atoms with E-state index in [9.17, 15) is 0 Å². The van der Waals surface area contributed by atoms with Gasteiger partial charge in [-0.2, -0.15) is 0 Å². The first kappa shape index (κ1) is 13.9. The van der Waals surface area contributed by atoms with E-state index in [1.807, 2.05) is 0 Å². The van der Waals surface area contributed by atoms with Crippen molar-refractivity contribution in [3.63, 3.8) is 0 Å². The lowest BCUT2D eigenvalue weighted by Gasteiger charge is -2.27. The van der Waals surface area contributed by atoms with Crippen molar-refractivity contribution in [1.29, 1.82) is 0 Å². The van der Waals surface area contributed by atoms with Crippen LogP contribution in [0, 0.1) is 0 Å². The van der Waals surface area contributed by atoms with E-state index in [1.165, 1.54) is 22.3 Å². The van der Waals surface area contributed by atoms with Gasteiger partial charge in [0, 0.05) is 5.56 Å². The van der Waals surface area contributed by atoms with E-state index < -0.39 is 0 Å². The van der Waals surface area contributed by atoms with E-state index in [-0.39, 0.29) is 5.41 Å². The van der Waals surface area contributed by atoms with Gasteiger partial charge in [-0.25, -0.2) is 0 Å². The zero-order chi connectivity index (χ0) is 14.0.